The van der Waals surface area contributed by atoms with Crippen molar-refractivity contribution >= 4 is 57.1 Å². The van der Waals surface area contributed by atoms with E-state index in [0.29, 0.717) is 105 Å². The topological polar surface area (TPSA) is 160 Å². The van der Waals surface area contributed by atoms with Crippen LogP contribution in [0.25, 0.3) is 55.7 Å². The van der Waals surface area contributed by atoms with Gasteiger partial charge in [0.25, 0.3) is 11.1 Å². The van der Waals surface area contributed by atoms with Gasteiger partial charge in [0.15, 0.2) is 0 Å². The summed E-state index contributed by atoms with van der Waals surface area (Å²) in [5.74, 6) is -0.0241. The van der Waals surface area contributed by atoms with Gasteiger partial charge in [-0.1, -0.05) is 59.6 Å². The molecule has 0 bridgehead atoms. The smallest absolute Gasteiger partial charge is 0.262 e. The normalized spacial score (nSPS) is 17.8. The number of carbonyl (C=O) groups excluding carboxylic acids is 2. The van der Waals surface area contributed by atoms with Gasteiger partial charge in [0.2, 0.25) is 11.8 Å². The average Bonchev–Trinajstić information content (AvgIpc) is 3.88. The lowest BCUT2D eigenvalue weighted by Crippen LogP contribution is -2.33. The number of fused-ring (bicyclic) bond motifs is 2. The molecule has 0 spiro atoms. The van der Waals surface area contributed by atoms with E-state index in [0.717, 1.165) is 0 Å². The summed E-state index contributed by atoms with van der Waals surface area (Å²) in [6, 6.07) is 14.4. The van der Waals surface area contributed by atoms with E-state index in [1.807, 2.05) is 36.4 Å². The van der Waals surface area contributed by atoms with Crippen molar-refractivity contribution in [2.75, 3.05) is 0 Å². The van der Waals surface area contributed by atoms with Gasteiger partial charge in [-0.15, -0.1) is 0 Å². The molecule has 4 aromatic heterocycles. The number of nitrogens with zero attached hydrogens (tertiary/aromatic N) is 4. The first-order chi connectivity index (χ1) is 23.2. The van der Waals surface area contributed by atoms with Crippen molar-refractivity contribution in [3.8, 4) is 33.6 Å². The molecule has 0 aliphatic carbocycles. The van der Waals surface area contributed by atoms with Crippen LogP contribution in [0.15, 0.2) is 70.8 Å². The standard InChI is InChI=1S/C34H28Cl2N8O4/c35-29-19(3-1-5-21(29)25-11-23-31(41-25)37-15-43(33(23)47)13-17-7-9-27(45)39-17)20-4-2-6-22(30(20)36)26-12-24-32(42-26)38-16-44(34(24)48)14-18-8-10-28(46)40-18/h1-6,11-12,15-18,41-42H,7-10,13-14H2,(H,39,45)(H,40,46)/t17-,18-/m0/s1. The molecule has 12 nitrogen and oxygen atoms in total. The summed E-state index contributed by atoms with van der Waals surface area (Å²) in [6.45, 7) is 0.698. The van der Waals surface area contributed by atoms with Crippen molar-refractivity contribution in [2.24, 2.45) is 0 Å². The minimum absolute atomic E-state index is 0.0120. The van der Waals surface area contributed by atoms with E-state index in [4.69, 9.17) is 23.2 Å². The number of aromatic amines is 2. The third kappa shape index (κ3) is 5.26. The molecule has 242 valence electrons. The molecule has 2 aromatic carbocycles. The maximum absolute atomic E-state index is 13.3. The summed E-state index contributed by atoms with van der Waals surface area (Å²) in [6.07, 6.45) is 5.23. The monoisotopic (exact) mass is 682 g/mol. The molecule has 4 N–H and O–H groups in total. The first kappa shape index (κ1) is 30.2. The molecule has 6 aromatic rings. The van der Waals surface area contributed by atoms with E-state index < -0.39 is 0 Å². The Hall–Kier alpha value is -5.20. The first-order valence-electron chi connectivity index (χ1n) is 15.6. The Morgan fingerprint density at radius 1 is 0.646 bits per heavy atom. The average molecular weight is 684 g/mol. The lowest BCUT2D eigenvalue weighted by atomic mass is 9.98. The molecule has 2 fully saturated rings. The zero-order valence-electron chi connectivity index (χ0n) is 25.3. The summed E-state index contributed by atoms with van der Waals surface area (Å²) in [5.41, 5.74) is 4.37. The molecule has 2 aliphatic heterocycles. The van der Waals surface area contributed by atoms with E-state index in [1.165, 1.54) is 21.8 Å². The Kier molecular flexibility index (Phi) is 7.41. The number of nitrogens with one attached hydrogen (secondary N) is 4. The van der Waals surface area contributed by atoms with Gasteiger partial charge in [0, 0.05) is 71.7 Å². The Balaban J connectivity index is 1.12. The molecule has 2 atom stereocenters. The summed E-state index contributed by atoms with van der Waals surface area (Å²) >= 11 is 14.1. The highest BCUT2D eigenvalue weighted by Crippen LogP contribution is 2.42. The molecule has 2 amide bonds. The van der Waals surface area contributed by atoms with Crippen molar-refractivity contribution < 1.29 is 9.59 Å². The maximum atomic E-state index is 13.3. The summed E-state index contributed by atoms with van der Waals surface area (Å²) < 4.78 is 3.03. The molecule has 0 radical (unpaired) electrons. The zero-order chi connectivity index (χ0) is 33.1. The lowest BCUT2D eigenvalue weighted by Gasteiger charge is -2.13. The summed E-state index contributed by atoms with van der Waals surface area (Å²) in [5, 5.41) is 7.46. The molecule has 14 heteroatoms. The van der Waals surface area contributed by atoms with Crippen LogP contribution in [0.4, 0.5) is 0 Å². The van der Waals surface area contributed by atoms with E-state index in [1.54, 1.807) is 12.1 Å². The Labute approximate surface area is 282 Å². The minimum Gasteiger partial charge on any atom is -0.352 e. The van der Waals surface area contributed by atoms with Crippen LogP contribution >= 0.6 is 23.2 Å². The van der Waals surface area contributed by atoms with Gasteiger partial charge in [-0.3, -0.25) is 28.3 Å². The number of amides is 2. The van der Waals surface area contributed by atoms with Gasteiger partial charge in [-0.25, -0.2) is 9.97 Å². The van der Waals surface area contributed by atoms with Crippen LogP contribution in [0.5, 0.6) is 0 Å². The molecule has 0 saturated carbocycles. The number of hydrogen-bond donors (Lipinski definition) is 4. The SMILES string of the molecule is O=C1CC[C@@H](Cn2cnc3[nH]c(-c4cccc(-c5cccc(-c6cc7c(=O)n(C[C@@H]8CCC(=O)N8)cnc7[nH]6)c5Cl)c4Cl)cc3c2=O)N1. The molecule has 2 aliphatic rings. The minimum atomic E-state index is -0.212. The highest BCUT2D eigenvalue weighted by atomic mass is 35.5. The van der Waals surface area contributed by atoms with E-state index in [2.05, 4.69) is 30.6 Å². The van der Waals surface area contributed by atoms with Gasteiger partial charge in [0.1, 0.15) is 11.3 Å². The molecule has 0 unspecified atom stereocenters. The molecule has 8 rings (SSSR count). The molecule has 48 heavy (non-hydrogen) atoms. The van der Waals surface area contributed by atoms with Gasteiger partial charge < -0.3 is 20.6 Å². The van der Waals surface area contributed by atoms with E-state index in [-0.39, 0.29) is 35.0 Å². The van der Waals surface area contributed by atoms with E-state index >= 15 is 0 Å². The van der Waals surface area contributed by atoms with Crippen LogP contribution in [0, 0.1) is 0 Å². The van der Waals surface area contributed by atoms with Gasteiger partial charge in [-0.2, -0.15) is 0 Å². The number of hydrogen-bond acceptors (Lipinski definition) is 6. The molecular weight excluding hydrogens is 655 g/mol. The highest BCUT2D eigenvalue weighted by Gasteiger charge is 2.24. The Morgan fingerprint density at radius 2 is 1.06 bits per heavy atom. The molecule has 6 heterocycles. The predicted octanol–water partition coefficient (Wildman–Crippen LogP) is 4.63. The second kappa shape index (κ2) is 11.8. The van der Waals surface area contributed by atoms with E-state index in [9.17, 15) is 19.2 Å². The lowest BCUT2D eigenvalue weighted by molar-refractivity contribution is -0.120. The largest absolute Gasteiger partial charge is 0.352 e. The second-order valence-electron chi connectivity index (χ2n) is 12.2. The van der Waals surface area contributed by atoms with Crippen molar-refractivity contribution in [3.05, 3.63) is 91.9 Å². The van der Waals surface area contributed by atoms with Crippen LogP contribution in [-0.2, 0) is 22.7 Å². The Bertz CT molecular complexity index is 2240. The fraction of sp³-hybridized carbons (Fsp3) is 0.235. The van der Waals surface area contributed by atoms with Crippen LogP contribution < -0.4 is 21.8 Å². The predicted molar refractivity (Wildman–Crippen MR) is 183 cm³/mol. The van der Waals surface area contributed by atoms with Gasteiger partial charge in [0.05, 0.1) is 33.5 Å². The fourth-order valence-corrected chi connectivity index (χ4v) is 7.30. The number of aromatic nitrogens is 6. The van der Waals surface area contributed by atoms with Gasteiger partial charge >= 0.3 is 0 Å². The molecule has 2 saturated heterocycles. The maximum Gasteiger partial charge on any atom is 0.262 e. The van der Waals surface area contributed by atoms with Crippen molar-refractivity contribution in [1.29, 1.82) is 0 Å². The fourth-order valence-electron chi connectivity index (χ4n) is 6.64. The number of benzene rings is 2. The number of H-pyrrole nitrogens is 2. The van der Waals surface area contributed by atoms with Gasteiger partial charge in [-0.05, 0) is 25.0 Å². The third-order valence-electron chi connectivity index (χ3n) is 9.10. The molecular formula is C34H28Cl2N8O4. The summed E-state index contributed by atoms with van der Waals surface area (Å²) in [4.78, 5) is 65.3. The number of rotatable bonds is 7. The van der Waals surface area contributed by atoms with Crippen LogP contribution in [0.3, 0.4) is 0 Å². The third-order valence-corrected chi connectivity index (χ3v) is 9.92. The van der Waals surface area contributed by atoms with Crippen molar-refractivity contribution in [2.45, 2.75) is 50.9 Å². The zero-order valence-corrected chi connectivity index (χ0v) is 26.9. The quantitative estimate of drug-likeness (QED) is 0.192. The van der Waals surface area contributed by atoms with Crippen LogP contribution in [0.2, 0.25) is 10.0 Å². The summed E-state index contributed by atoms with van der Waals surface area (Å²) in [7, 11) is 0. The van der Waals surface area contributed by atoms with Crippen LogP contribution in [-0.4, -0.2) is 53.0 Å². The van der Waals surface area contributed by atoms with Crippen molar-refractivity contribution in [3.63, 3.8) is 0 Å². The number of carbonyl (C=O) groups is 2. The second-order valence-corrected chi connectivity index (χ2v) is 13.0. The highest BCUT2D eigenvalue weighted by molar-refractivity contribution is 6.39. The van der Waals surface area contributed by atoms with Crippen LogP contribution in [0.1, 0.15) is 25.7 Å². The first-order valence-corrected chi connectivity index (χ1v) is 16.3. The van der Waals surface area contributed by atoms with Crippen molar-refractivity contribution in [1.82, 2.24) is 39.7 Å². The Morgan fingerprint density at radius 3 is 1.46 bits per heavy atom. The number of halogens is 2.